The molecule has 0 fully saturated rings. The van der Waals surface area contributed by atoms with Crippen molar-refractivity contribution in [2.24, 2.45) is 11.8 Å². The van der Waals surface area contributed by atoms with E-state index in [1.807, 2.05) is 23.1 Å². The van der Waals surface area contributed by atoms with Gasteiger partial charge in [0.25, 0.3) is 5.91 Å². The van der Waals surface area contributed by atoms with Crippen LogP contribution in [0.4, 0.5) is 0 Å². The number of nitrogens with zero attached hydrogens (tertiary/aromatic N) is 2. The van der Waals surface area contributed by atoms with Gasteiger partial charge in [-0.1, -0.05) is 39.8 Å². The van der Waals surface area contributed by atoms with E-state index in [9.17, 15) is 15.2 Å². The zero-order valence-electron chi connectivity index (χ0n) is 15.6. The minimum atomic E-state index is -0.348. The Morgan fingerprint density at radius 3 is 2.24 bits per heavy atom. The number of hydrogen-bond acceptors (Lipinski definition) is 4. The number of hydrogen-bond donors (Lipinski definition) is 2. The molecule has 0 radical (unpaired) electrons. The lowest BCUT2D eigenvalue weighted by atomic mass is 10.1. The van der Waals surface area contributed by atoms with Crippen molar-refractivity contribution in [3.05, 3.63) is 41.6 Å². The molecule has 0 spiro atoms. The van der Waals surface area contributed by atoms with Gasteiger partial charge in [-0.05, 0) is 36.0 Å². The van der Waals surface area contributed by atoms with Crippen LogP contribution in [0.15, 0.2) is 36.0 Å². The van der Waals surface area contributed by atoms with Crippen LogP contribution in [-0.4, -0.2) is 35.5 Å². The lowest BCUT2D eigenvalue weighted by Gasteiger charge is -2.25. The third-order valence-electron chi connectivity index (χ3n) is 3.51. The van der Waals surface area contributed by atoms with Crippen molar-refractivity contribution in [3.8, 4) is 11.8 Å². The summed E-state index contributed by atoms with van der Waals surface area (Å²) in [5, 5.41) is 21.4. The molecule has 1 amide bonds. The Bertz CT molecular complexity index is 603. The Morgan fingerprint density at radius 1 is 1.20 bits per heavy atom. The van der Waals surface area contributed by atoms with Gasteiger partial charge in [0.1, 0.15) is 17.4 Å². The molecule has 0 saturated carbocycles. The highest BCUT2D eigenvalue weighted by Gasteiger charge is 2.13. The predicted molar refractivity (Wildman–Crippen MR) is 99.8 cm³/mol. The van der Waals surface area contributed by atoms with Gasteiger partial charge in [0.15, 0.2) is 0 Å². The molecule has 0 saturated heterocycles. The number of aromatic hydroxyl groups is 1. The standard InChI is InChI=1S/C20H29N3O2/c1-15(2)12-23(13-16(3)4)14-18(11-21)20(25)22-10-9-17-5-7-19(24)8-6-17/h5-8,14-16,24H,9-10,12-13H2,1-4H3,(H,22,25)/b18-14-. The quantitative estimate of drug-likeness (QED) is 0.534. The zero-order chi connectivity index (χ0) is 18.8. The van der Waals surface area contributed by atoms with E-state index < -0.39 is 0 Å². The molecule has 0 aliphatic rings. The molecule has 1 aromatic carbocycles. The van der Waals surface area contributed by atoms with Gasteiger partial charge in [-0.15, -0.1) is 0 Å². The smallest absolute Gasteiger partial charge is 0.263 e. The number of phenols is 1. The van der Waals surface area contributed by atoms with Crippen LogP contribution in [0.3, 0.4) is 0 Å². The second-order valence-corrected chi connectivity index (χ2v) is 7.07. The number of nitriles is 1. The number of phenolic OH excluding ortho intramolecular Hbond substituents is 1. The highest BCUT2D eigenvalue weighted by atomic mass is 16.3. The van der Waals surface area contributed by atoms with Crippen molar-refractivity contribution >= 4 is 5.91 Å². The van der Waals surface area contributed by atoms with Gasteiger partial charge >= 0.3 is 0 Å². The van der Waals surface area contributed by atoms with E-state index in [1.54, 1.807) is 18.3 Å². The van der Waals surface area contributed by atoms with Gasteiger partial charge < -0.3 is 15.3 Å². The second kappa shape index (κ2) is 10.4. The summed E-state index contributed by atoms with van der Waals surface area (Å²) in [5.41, 5.74) is 1.15. The summed E-state index contributed by atoms with van der Waals surface area (Å²) in [5.74, 6) is 0.775. The van der Waals surface area contributed by atoms with Crippen LogP contribution in [0.1, 0.15) is 33.3 Å². The molecular formula is C20H29N3O2. The van der Waals surface area contributed by atoms with E-state index in [0.29, 0.717) is 24.8 Å². The van der Waals surface area contributed by atoms with Crippen LogP contribution < -0.4 is 5.32 Å². The first-order valence-electron chi connectivity index (χ1n) is 8.74. The fourth-order valence-corrected chi connectivity index (χ4v) is 2.52. The van der Waals surface area contributed by atoms with Crippen molar-refractivity contribution in [2.75, 3.05) is 19.6 Å². The van der Waals surface area contributed by atoms with Crippen molar-refractivity contribution in [2.45, 2.75) is 34.1 Å². The minimum Gasteiger partial charge on any atom is -0.508 e. The van der Waals surface area contributed by atoms with E-state index in [4.69, 9.17) is 0 Å². The van der Waals surface area contributed by atoms with Gasteiger partial charge in [-0.2, -0.15) is 5.26 Å². The highest BCUT2D eigenvalue weighted by molar-refractivity contribution is 5.97. The summed E-state index contributed by atoms with van der Waals surface area (Å²) in [7, 11) is 0. The average molecular weight is 343 g/mol. The molecule has 0 heterocycles. The first-order valence-corrected chi connectivity index (χ1v) is 8.74. The van der Waals surface area contributed by atoms with Crippen LogP contribution in [-0.2, 0) is 11.2 Å². The zero-order valence-corrected chi connectivity index (χ0v) is 15.6. The lowest BCUT2D eigenvalue weighted by Crippen LogP contribution is -2.31. The molecule has 0 bridgehead atoms. The maximum atomic E-state index is 12.3. The number of nitrogens with one attached hydrogen (secondary N) is 1. The summed E-state index contributed by atoms with van der Waals surface area (Å²) in [4.78, 5) is 14.3. The maximum absolute atomic E-state index is 12.3. The summed E-state index contributed by atoms with van der Waals surface area (Å²) >= 11 is 0. The molecule has 5 heteroatoms. The fourth-order valence-electron chi connectivity index (χ4n) is 2.52. The molecule has 1 aromatic rings. The van der Waals surface area contributed by atoms with Gasteiger partial charge in [-0.25, -0.2) is 0 Å². The summed E-state index contributed by atoms with van der Waals surface area (Å²) in [6.45, 7) is 10.5. The van der Waals surface area contributed by atoms with Crippen molar-refractivity contribution in [1.82, 2.24) is 10.2 Å². The van der Waals surface area contributed by atoms with Crippen molar-refractivity contribution in [3.63, 3.8) is 0 Å². The summed E-state index contributed by atoms with van der Waals surface area (Å²) in [6, 6.07) is 8.88. The van der Waals surface area contributed by atoms with E-state index in [-0.39, 0.29) is 17.2 Å². The number of amides is 1. The van der Waals surface area contributed by atoms with Gasteiger partial charge in [0.05, 0.1) is 0 Å². The average Bonchev–Trinajstić information content (AvgIpc) is 2.53. The molecule has 0 aliphatic carbocycles. The number of benzene rings is 1. The Kier molecular flexibility index (Phi) is 8.55. The van der Waals surface area contributed by atoms with Crippen LogP contribution >= 0.6 is 0 Å². The van der Waals surface area contributed by atoms with E-state index in [0.717, 1.165) is 18.7 Å². The molecule has 25 heavy (non-hydrogen) atoms. The van der Waals surface area contributed by atoms with Crippen LogP contribution in [0.5, 0.6) is 5.75 Å². The minimum absolute atomic E-state index is 0.131. The van der Waals surface area contributed by atoms with Gasteiger partial charge in [0.2, 0.25) is 0 Å². The molecular weight excluding hydrogens is 314 g/mol. The predicted octanol–water partition coefficient (Wildman–Crippen LogP) is 3.07. The summed E-state index contributed by atoms with van der Waals surface area (Å²) < 4.78 is 0. The highest BCUT2D eigenvalue weighted by Crippen LogP contribution is 2.10. The molecule has 0 aromatic heterocycles. The third kappa shape index (κ3) is 8.25. The fraction of sp³-hybridized carbons (Fsp3) is 0.500. The molecule has 0 aliphatic heterocycles. The van der Waals surface area contributed by atoms with Crippen LogP contribution in [0, 0.1) is 23.2 Å². The van der Waals surface area contributed by atoms with Gasteiger partial charge in [-0.3, -0.25) is 4.79 Å². The molecule has 5 nitrogen and oxygen atoms in total. The number of rotatable bonds is 9. The normalized spacial score (nSPS) is 11.5. The van der Waals surface area contributed by atoms with Crippen LogP contribution in [0.25, 0.3) is 0 Å². The Morgan fingerprint density at radius 2 is 1.76 bits per heavy atom. The monoisotopic (exact) mass is 343 g/mol. The first-order chi connectivity index (χ1) is 11.8. The lowest BCUT2D eigenvalue weighted by molar-refractivity contribution is -0.117. The number of carbonyl (C=O) groups excluding carboxylic acids is 1. The van der Waals surface area contributed by atoms with E-state index in [1.165, 1.54) is 0 Å². The number of carbonyl (C=O) groups is 1. The Balaban J connectivity index is 2.64. The summed E-state index contributed by atoms with van der Waals surface area (Å²) in [6.07, 6.45) is 2.32. The van der Waals surface area contributed by atoms with E-state index in [2.05, 4.69) is 33.0 Å². The molecule has 0 atom stereocenters. The second-order valence-electron chi connectivity index (χ2n) is 7.07. The Labute approximate surface area is 151 Å². The topological polar surface area (TPSA) is 76.4 Å². The largest absolute Gasteiger partial charge is 0.508 e. The maximum Gasteiger partial charge on any atom is 0.263 e. The molecule has 2 N–H and O–H groups in total. The van der Waals surface area contributed by atoms with Gasteiger partial charge in [0, 0.05) is 25.8 Å². The van der Waals surface area contributed by atoms with Crippen LogP contribution in [0.2, 0.25) is 0 Å². The van der Waals surface area contributed by atoms with Crippen molar-refractivity contribution in [1.29, 1.82) is 5.26 Å². The SMILES string of the molecule is CC(C)CN(/C=C(/C#N)C(=O)NCCc1ccc(O)cc1)CC(C)C. The van der Waals surface area contributed by atoms with E-state index >= 15 is 0 Å². The third-order valence-corrected chi connectivity index (χ3v) is 3.51. The molecule has 136 valence electrons. The van der Waals surface area contributed by atoms with Crippen molar-refractivity contribution < 1.29 is 9.90 Å². The molecule has 0 unspecified atom stereocenters. The first kappa shape index (κ1) is 20.6. The Hall–Kier alpha value is -2.48. The molecule has 1 rings (SSSR count).